The first-order valence-corrected chi connectivity index (χ1v) is 9.66. The zero-order valence-electron chi connectivity index (χ0n) is 14.7. The fraction of sp³-hybridized carbons (Fsp3) is 0. The predicted molar refractivity (Wildman–Crippen MR) is 114 cm³/mol. The Balaban J connectivity index is 1.93. The second kappa shape index (κ2) is 7.77. The Labute approximate surface area is 177 Å². The van der Waals surface area contributed by atoms with Crippen LogP contribution in [-0.4, -0.2) is 15.6 Å². The third kappa shape index (κ3) is 3.66. The Morgan fingerprint density at radius 3 is 2.59 bits per heavy atom. The van der Waals surface area contributed by atoms with Crippen LogP contribution < -0.4 is 11.0 Å². The van der Waals surface area contributed by atoms with Crippen LogP contribution in [0.2, 0.25) is 5.02 Å². The highest BCUT2D eigenvalue weighted by atomic mass is 79.9. The molecule has 3 aromatic carbocycles. The maximum atomic E-state index is 14.5. The van der Waals surface area contributed by atoms with Crippen LogP contribution >= 0.6 is 27.5 Å². The van der Waals surface area contributed by atoms with Gasteiger partial charge in [0.15, 0.2) is 5.82 Å². The van der Waals surface area contributed by atoms with Gasteiger partial charge in [-0.25, -0.2) is 9.37 Å². The summed E-state index contributed by atoms with van der Waals surface area (Å²) in [6.45, 7) is 0. The van der Waals surface area contributed by atoms with Crippen molar-refractivity contribution < 1.29 is 9.18 Å². The van der Waals surface area contributed by atoms with Crippen LogP contribution in [-0.2, 0) is 0 Å². The lowest BCUT2D eigenvalue weighted by Gasteiger charge is -2.15. The van der Waals surface area contributed by atoms with Gasteiger partial charge in [-0.15, -0.1) is 0 Å². The molecular formula is C21H12BrClFN3O2. The van der Waals surface area contributed by atoms with Gasteiger partial charge in [-0.2, -0.15) is 4.68 Å². The van der Waals surface area contributed by atoms with Gasteiger partial charge in [0, 0.05) is 4.47 Å². The van der Waals surface area contributed by atoms with E-state index in [1.165, 1.54) is 24.3 Å². The Kier molecular flexibility index (Phi) is 5.17. The van der Waals surface area contributed by atoms with Crippen molar-refractivity contribution in [2.75, 3.05) is 5.43 Å². The summed E-state index contributed by atoms with van der Waals surface area (Å²) >= 11 is 9.42. The first-order valence-electron chi connectivity index (χ1n) is 8.49. The number of halogens is 3. The summed E-state index contributed by atoms with van der Waals surface area (Å²) in [6.07, 6.45) is 0. The van der Waals surface area contributed by atoms with Gasteiger partial charge in [-0.3, -0.25) is 15.0 Å². The summed E-state index contributed by atoms with van der Waals surface area (Å²) in [6, 6.07) is 17.3. The van der Waals surface area contributed by atoms with E-state index in [9.17, 15) is 14.0 Å². The van der Waals surface area contributed by atoms with E-state index in [4.69, 9.17) is 11.6 Å². The van der Waals surface area contributed by atoms with E-state index >= 15 is 0 Å². The number of hydrogen-bond acceptors (Lipinski definition) is 3. The number of carbonyl (C=O) groups excluding carboxylic acids is 1. The number of fused-ring (bicyclic) bond motifs is 1. The van der Waals surface area contributed by atoms with Crippen molar-refractivity contribution in [1.82, 2.24) is 9.66 Å². The zero-order chi connectivity index (χ0) is 20.5. The van der Waals surface area contributed by atoms with Crippen LogP contribution in [0.3, 0.4) is 0 Å². The molecule has 0 bridgehead atoms. The van der Waals surface area contributed by atoms with Crippen molar-refractivity contribution in [1.29, 1.82) is 0 Å². The lowest BCUT2D eigenvalue weighted by atomic mass is 10.1. The standard InChI is InChI=1S/C21H12BrClFN3O2/c22-12-9-10-16(23)15(11-12)20(28)26-27-19(13-5-1-3-7-17(13)24)25-18-8-4-2-6-14(18)21(27)29/h1-11H,(H,26,28). The number of para-hydroxylation sites is 1. The molecule has 0 radical (unpaired) electrons. The van der Waals surface area contributed by atoms with E-state index in [0.29, 0.717) is 9.99 Å². The lowest BCUT2D eigenvalue weighted by Crippen LogP contribution is -2.35. The van der Waals surface area contributed by atoms with Crippen molar-refractivity contribution in [3.63, 3.8) is 0 Å². The average molecular weight is 473 g/mol. The monoisotopic (exact) mass is 471 g/mol. The van der Waals surface area contributed by atoms with Crippen LogP contribution in [0.1, 0.15) is 10.4 Å². The number of nitrogens with one attached hydrogen (secondary N) is 1. The highest BCUT2D eigenvalue weighted by molar-refractivity contribution is 9.10. The molecule has 0 spiro atoms. The minimum atomic E-state index is -0.631. The van der Waals surface area contributed by atoms with Gasteiger partial charge >= 0.3 is 0 Å². The van der Waals surface area contributed by atoms with E-state index in [1.54, 1.807) is 42.5 Å². The summed E-state index contributed by atoms with van der Waals surface area (Å²) in [4.78, 5) is 30.4. The molecule has 4 rings (SSSR count). The summed E-state index contributed by atoms with van der Waals surface area (Å²) in [5, 5.41) is 0.494. The van der Waals surface area contributed by atoms with Gasteiger partial charge in [0.2, 0.25) is 0 Å². The lowest BCUT2D eigenvalue weighted by molar-refractivity contribution is 0.101. The van der Waals surface area contributed by atoms with Crippen molar-refractivity contribution >= 4 is 44.3 Å². The van der Waals surface area contributed by atoms with Crippen LogP contribution in [0.4, 0.5) is 4.39 Å². The van der Waals surface area contributed by atoms with Crippen LogP contribution in [0.25, 0.3) is 22.3 Å². The molecule has 1 N–H and O–H groups in total. The molecular weight excluding hydrogens is 461 g/mol. The van der Waals surface area contributed by atoms with Gasteiger partial charge in [-0.1, -0.05) is 51.8 Å². The molecule has 0 aliphatic heterocycles. The summed E-state index contributed by atoms with van der Waals surface area (Å²) in [5.41, 5.74) is 2.60. The second-order valence-corrected chi connectivity index (χ2v) is 7.46. The molecule has 1 heterocycles. The normalized spacial score (nSPS) is 10.9. The molecule has 0 saturated carbocycles. The third-order valence-electron chi connectivity index (χ3n) is 4.28. The van der Waals surface area contributed by atoms with E-state index in [2.05, 4.69) is 26.3 Å². The Hall–Kier alpha value is -3.03. The largest absolute Gasteiger partial charge is 0.280 e. The quantitative estimate of drug-likeness (QED) is 0.456. The number of benzene rings is 3. The van der Waals surface area contributed by atoms with Crippen molar-refractivity contribution in [3.05, 3.63) is 98.0 Å². The first-order chi connectivity index (χ1) is 14.0. The fourth-order valence-corrected chi connectivity index (χ4v) is 3.46. The van der Waals surface area contributed by atoms with Crippen molar-refractivity contribution in [3.8, 4) is 11.4 Å². The molecule has 0 fully saturated rings. The molecule has 1 amide bonds. The van der Waals surface area contributed by atoms with E-state index in [1.807, 2.05) is 0 Å². The molecule has 5 nitrogen and oxygen atoms in total. The number of aromatic nitrogens is 2. The summed E-state index contributed by atoms with van der Waals surface area (Å²) in [5.74, 6) is -1.22. The fourth-order valence-electron chi connectivity index (χ4n) is 2.89. The molecule has 0 aliphatic rings. The van der Waals surface area contributed by atoms with Crippen molar-refractivity contribution in [2.24, 2.45) is 0 Å². The van der Waals surface area contributed by atoms with Crippen LogP contribution in [0.5, 0.6) is 0 Å². The summed E-state index contributed by atoms with van der Waals surface area (Å²) in [7, 11) is 0. The number of carbonyl (C=O) groups is 1. The van der Waals surface area contributed by atoms with Gasteiger partial charge in [0.1, 0.15) is 5.82 Å². The first kappa shape index (κ1) is 19.3. The zero-order valence-corrected chi connectivity index (χ0v) is 17.0. The highest BCUT2D eigenvalue weighted by Gasteiger charge is 2.19. The maximum absolute atomic E-state index is 14.5. The van der Waals surface area contributed by atoms with Gasteiger partial charge in [0.05, 0.1) is 27.1 Å². The maximum Gasteiger partial charge on any atom is 0.280 e. The number of amides is 1. The molecule has 0 unspecified atom stereocenters. The molecule has 8 heteroatoms. The van der Waals surface area contributed by atoms with Crippen molar-refractivity contribution in [2.45, 2.75) is 0 Å². The van der Waals surface area contributed by atoms with Gasteiger partial charge in [0.25, 0.3) is 11.5 Å². The predicted octanol–water partition coefficient (Wildman–Crippen LogP) is 5.00. The smallest absolute Gasteiger partial charge is 0.267 e. The number of nitrogens with zero attached hydrogens (tertiary/aromatic N) is 2. The molecule has 0 aliphatic carbocycles. The Morgan fingerprint density at radius 1 is 1.07 bits per heavy atom. The molecule has 0 atom stereocenters. The van der Waals surface area contributed by atoms with Gasteiger partial charge in [-0.05, 0) is 42.5 Å². The molecule has 29 heavy (non-hydrogen) atoms. The minimum absolute atomic E-state index is 0.0220. The van der Waals surface area contributed by atoms with Crippen LogP contribution in [0, 0.1) is 5.82 Å². The molecule has 4 aromatic rings. The van der Waals surface area contributed by atoms with E-state index in [0.717, 1.165) is 4.68 Å². The average Bonchev–Trinajstić information content (AvgIpc) is 2.72. The Bertz CT molecular complexity index is 1320. The van der Waals surface area contributed by atoms with Crippen LogP contribution in [0.15, 0.2) is 76.0 Å². The highest BCUT2D eigenvalue weighted by Crippen LogP contribution is 2.23. The third-order valence-corrected chi connectivity index (χ3v) is 5.10. The van der Waals surface area contributed by atoms with Gasteiger partial charge < -0.3 is 0 Å². The minimum Gasteiger partial charge on any atom is -0.267 e. The second-order valence-electron chi connectivity index (χ2n) is 6.14. The number of hydrogen-bond donors (Lipinski definition) is 1. The topological polar surface area (TPSA) is 64.0 Å². The molecule has 1 aromatic heterocycles. The van der Waals surface area contributed by atoms with E-state index in [-0.39, 0.29) is 27.4 Å². The summed E-state index contributed by atoms with van der Waals surface area (Å²) < 4.78 is 16.1. The number of rotatable bonds is 3. The molecule has 144 valence electrons. The Morgan fingerprint density at radius 2 is 1.79 bits per heavy atom. The molecule has 0 saturated heterocycles. The SMILES string of the molecule is O=C(Nn1c(-c2ccccc2F)nc2ccccc2c1=O)c1cc(Br)ccc1Cl. The van der Waals surface area contributed by atoms with E-state index < -0.39 is 17.3 Å².